The van der Waals surface area contributed by atoms with E-state index < -0.39 is 13.2 Å². The van der Waals surface area contributed by atoms with Gasteiger partial charge in [-0.25, -0.2) is 4.39 Å². The molecule has 1 aromatic carbocycles. The van der Waals surface area contributed by atoms with Crippen molar-refractivity contribution in [1.82, 2.24) is 0 Å². The maximum absolute atomic E-state index is 13.8. The minimum absolute atomic E-state index is 0.245. The van der Waals surface area contributed by atoms with Crippen LogP contribution in [0, 0.1) is 5.82 Å². The van der Waals surface area contributed by atoms with E-state index in [4.69, 9.17) is 4.52 Å². The second kappa shape index (κ2) is 7.70. The quantitative estimate of drug-likeness (QED) is 0.519. The van der Waals surface area contributed by atoms with E-state index in [1.807, 2.05) is 13.8 Å². The number of hydrogen-bond donors (Lipinski definition) is 0. The highest BCUT2D eigenvalue weighted by Crippen LogP contribution is 2.47. The molecule has 1 aromatic rings. The van der Waals surface area contributed by atoms with Crippen LogP contribution in [0.1, 0.15) is 39.5 Å². The van der Waals surface area contributed by atoms with Crippen LogP contribution in [0.15, 0.2) is 24.3 Å². The fourth-order valence-electron chi connectivity index (χ4n) is 1.71. The number of rotatable bonds is 8. The molecule has 4 heteroatoms. The summed E-state index contributed by atoms with van der Waals surface area (Å²) in [6.45, 7) is 4.51. The zero-order valence-electron chi connectivity index (χ0n) is 11.2. The lowest BCUT2D eigenvalue weighted by atomic mass is 10.3. The van der Waals surface area contributed by atoms with Crippen LogP contribution in [-0.4, -0.2) is 12.8 Å². The van der Waals surface area contributed by atoms with E-state index in [-0.39, 0.29) is 5.30 Å². The Hall–Kier alpha value is -0.660. The first kappa shape index (κ1) is 15.4. The summed E-state index contributed by atoms with van der Waals surface area (Å²) in [6, 6.07) is 6.24. The highest BCUT2D eigenvalue weighted by atomic mass is 31.2. The van der Waals surface area contributed by atoms with Crippen molar-refractivity contribution in [2.75, 3.05) is 12.8 Å². The van der Waals surface area contributed by atoms with Crippen molar-refractivity contribution in [3.63, 3.8) is 0 Å². The number of unbranched alkanes of at least 4 members (excludes halogenated alkanes) is 2. The summed E-state index contributed by atoms with van der Waals surface area (Å²) >= 11 is 0. The van der Waals surface area contributed by atoms with Crippen LogP contribution in [0.5, 0.6) is 0 Å². The van der Waals surface area contributed by atoms with Gasteiger partial charge in [-0.2, -0.15) is 0 Å². The van der Waals surface area contributed by atoms with Crippen molar-refractivity contribution in [2.24, 2.45) is 0 Å². The SMILES string of the molecule is CCCCOP(=O)(CCCC)c1ccccc1F. The van der Waals surface area contributed by atoms with Gasteiger partial charge in [-0.05, 0) is 25.0 Å². The summed E-state index contributed by atoms with van der Waals surface area (Å²) in [5.41, 5.74) is 0. The van der Waals surface area contributed by atoms with Gasteiger partial charge in [-0.15, -0.1) is 0 Å². The Morgan fingerprint density at radius 3 is 2.44 bits per heavy atom. The fraction of sp³-hybridized carbons (Fsp3) is 0.571. The van der Waals surface area contributed by atoms with E-state index in [1.165, 1.54) is 6.07 Å². The first-order valence-electron chi connectivity index (χ1n) is 6.62. The Kier molecular flexibility index (Phi) is 6.59. The lowest BCUT2D eigenvalue weighted by Crippen LogP contribution is -2.15. The molecule has 0 aliphatic rings. The zero-order valence-corrected chi connectivity index (χ0v) is 12.1. The molecule has 1 rings (SSSR count). The predicted octanol–water partition coefficient (Wildman–Crippen LogP) is 4.35. The third-order valence-electron chi connectivity index (χ3n) is 2.82. The van der Waals surface area contributed by atoms with Crippen LogP contribution in [0.2, 0.25) is 0 Å². The van der Waals surface area contributed by atoms with E-state index in [0.29, 0.717) is 12.8 Å². The van der Waals surface area contributed by atoms with E-state index in [1.54, 1.807) is 18.2 Å². The van der Waals surface area contributed by atoms with Crippen molar-refractivity contribution >= 4 is 12.7 Å². The molecule has 0 aliphatic heterocycles. The maximum Gasteiger partial charge on any atom is 0.235 e. The van der Waals surface area contributed by atoms with Crippen molar-refractivity contribution in [1.29, 1.82) is 0 Å². The molecule has 18 heavy (non-hydrogen) atoms. The average molecular weight is 272 g/mol. The molecule has 0 spiro atoms. The number of hydrogen-bond acceptors (Lipinski definition) is 2. The smallest absolute Gasteiger partial charge is 0.235 e. The first-order valence-corrected chi connectivity index (χ1v) is 8.43. The average Bonchev–Trinajstić information content (AvgIpc) is 2.37. The minimum Gasteiger partial charge on any atom is -0.325 e. The summed E-state index contributed by atoms with van der Waals surface area (Å²) < 4.78 is 32.1. The molecule has 0 saturated heterocycles. The lowest BCUT2D eigenvalue weighted by molar-refractivity contribution is 0.311. The standard InChI is InChI=1S/C14H22FO2P/c1-3-5-11-17-18(16,12-6-4-2)14-10-8-7-9-13(14)15/h7-10H,3-6,11-12H2,1-2H3. The van der Waals surface area contributed by atoms with Crippen molar-refractivity contribution in [3.05, 3.63) is 30.1 Å². The highest BCUT2D eigenvalue weighted by Gasteiger charge is 2.28. The lowest BCUT2D eigenvalue weighted by Gasteiger charge is -2.19. The zero-order chi connectivity index (χ0) is 13.4. The third-order valence-corrected chi connectivity index (χ3v) is 5.42. The molecule has 0 bridgehead atoms. The Morgan fingerprint density at radius 1 is 1.17 bits per heavy atom. The second-order valence-electron chi connectivity index (χ2n) is 4.39. The molecule has 0 radical (unpaired) electrons. The van der Waals surface area contributed by atoms with Crippen molar-refractivity contribution in [2.45, 2.75) is 39.5 Å². The maximum atomic E-state index is 13.8. The Balaban J connectivity index is 2.89. The van der Waals surface area contributed by atoms with Gasteiger partial charge in [0.2, 0.25) is 7.37 Å². The molecule has 0 aromatic heterocycles. The molecular formula is C14H22FO2P. The molecule has 2 nitrogen and oxygen atoms in total. The van der Waals surface area contributed by atoms with E-state index >= 15 is 0 Å². The van der Waals surface area contributed by atoms with Crippen LogP contribution in [-0.2, 0) is 9.09 Å². The van der Waals surface area contributed by atoms with Crippen LogP contribution in [0.25, 0.3) is 0 Å². The van der Waals surface area contributed by atoms with Crippen LogP contribution < -0.4 is 5.30 Å². The second-order valence-corrected chi connectivity index (χ2v) is 6.92. The molecule has 0 heterocycles. The third kappa shape index (κ3) is 4.22. The van der Waals surface area contributed by atoms with Gasteiger partial charge in [0.05, 0.1) is 11.9 Å². The van der Waals surface area contributed by atoms with Crippen molar-refractivity contribution in [3.8, 4) is 0 Å². The molecule has 0 N–H and O–H groups in total. The molecule has 1 atom stereocenters. The number of halogens is 1. The summed E-state index contributed by atoms with van der Waals surface area (Å²) in [5, 5.41) is 0.245. The van der Waals surface area contributed by atoms with Gasteiger partial charge in [-0.1, -0.05) is 38.8 Å². The molecule has 1 unspecified atom stereocenters. The normalized spacial score (nSPS) is 14.4. The fourth-order valence-corrected chi connectivity index (χ4v) is 4.08. The molecule has 102 valence electrons. The van der Waals surface area contributed by atoms with Crippen LogP contribution in [0.4, 0.5) is 4.39 Å². The Labute approximate surface area is 109 Å². The van der Waals surface area contributed by atoms with E-state index in [2.05, 4.69) is 0 Å². The van der Waals surface area contributed by atoms with E-state index in [0.717, 1.165) is 25.7 Å². The molecular weight excluding hydrogens is 250 g/mol. The predicted molar refractivity (Wildman–Crippen MR) is 74.3 cm³/mol. The summed E-state index contributed by atoms with van der Waals surface area (Å²) in [6.07, 6.45) is 3.97. The van der Waals surface area contributed by atoms with Gasteiger partial charge < -0.3 is 4.52 Å². The summed E-state index contributed by atoms with van der Waals surface area (Å²) in [5.74, 6) is -0.423. The summed E-state index contributed by atoms with van der Waals surface area (Å²) in [7, 11) is -3.03. The minimum atomic E-state index is -3.03. The van der Waals surface area contributed by atoms with Gasteiger partial charge in [0.15, 0.2) is 0 Å². The van der Waals surface area contributed by atoms with E-state index in [9.17, 15) is 8.96 Å². The summed E-state index contributed by atoms with van der Waals surface area (Å²) in [4.78, 5) is 0. The van der Waals surface area contributed by atoms with Gasteiger partial charge >= 0.3 is 0 Å². The Bertz CT molecular complexity index is 407. The van der Waals surface area contributed by atoms with Gasteiger partial charge in [-0.3, -0.25) is 4.57 Å². The largest absolute Gasteiger partial charge is 0.325 e. The van der Waals surface area contributed by atoms with Crippen LogP contribution >= 0.6 is 7.37 Å². The van der Waals surface area contributed by atoms with Gasteiger partial charge in [0.25, 0.3) is 0 Å². The number of benzene rings is 1. The molecule has 0 saturated carbocycles. The highest BCUT2D eigenvalue weighted by molar-refractivity contribution is 7.67. The van der Waals surface area contributed by atoms with Gasteiger partial charge in [0, 0.05) is 6.16 Å². The molecule has 0 aliphatic carbocycles. The first-order chi connectivity index (χ1) is 8.64. The topological polar surface area (TPSA) is 26.3 Å². The molecule has 0 amide bonds. The molecule has 0 fully saturated rings. The monoisotopic (exact) mass is 272 g/mol. The van der Waals surface area contributed by atoms with Gasteiger partial charge in [0.1, 0.15) is 5.82 Å². The van der Waals surface area contributed by atoms with Crippen LogP contribution in [0.3, 0.4) is 0 Å². The van der Waals surface area contributed by atoms with Crippen molar-refractivity contribution < 1.29 is 13.5 Å². The Morgan fingerprint density at radius 2 is 1.83 bits per heavy atom.